The highest BCUT2D eigenvalue weighted by Gasteiger charge is 2.20. The lowest BCUT2D eigenvalue weighted by molar-refractivity contribution is 0.102. The molecule has 142 valence electrons. The summed E-state index contributed by atoms with van der Waals surface area (Å²) in [5.41, 5.74) is 1.56. The first kappa shape index (κ1) is 18.3. The SMILES string of the molecule is Cc1oc(-c2ccccc2)nc1C(=O)Nc1nc2ccc(S(C)(=O)=O)cc2s1. The molecule has 28 heavy (non-hydrogen) atoms. The summed E-state index contributed by atoms with van der Waals surface area (Å²) in [4.78, 5) is 21.5. The van der Waals surface area contributed by atoms with E-state index in [0.717, 1.165) is 11.8 Å². The lowest BCUT2D eigenvalue weighted by atomic mass is 10.2. The van der Waals surface area contributed by atoms with Gasteiger partial charge in [-0.3, -0.25) is 10.1 Å². The summed E-state index contributed by atoms with van der Waals surface area (Å²) < 4.78 is 29.7. The van der Waals surface area contributed by atoms with Crippen LogP contribution in [0.5, 0.6) is 0 Å². The van der Waals surface area contributed by atoms with Crippen molar-refractivity contribution in [3.63, 3.8) is 0 Å². The molecule has 4 rings (SSSR count). The van der Waals surface area contributed by atoms with Crippen molar-refractivity contribution < 1.29 is 17.6 Å². The number of thiazole rings is 1. The third-order valence-corrected chi connectivity index (χ3v) is 6.08. The number of nitrogens with zero attached hydrogens (tertiary/aromatic N) is 2. The molecule has 7 nitrogen and oxygen atoms in total. The number of fused-ring (bicyclic) bond motifs is 1. The highest BCUT2D eigenvalue weighted by atomic mass is 32.2. The molecule has 0 atom stereocenters. The minimum Gasteiger partial charge on any atom is -0.441 e. The molecular weight excluding hydrogens is 398 g/mol. The van der Waals surface area contributed by atoms with E-state index in [1.807, 2.05) is 30.3 Å². The van der Waals surface area contributed by atoms with Gasteiger partial charge in [0.25, 0.3) is 5.91 Å². The molecule has 0 bridgehead atoms. The lowest BCUT2D eigenvalue weighted by Gasteiger charge is -1.97. The quantitative estimate of drug-likeness (QED) is 0.544. The number of sulfone groups is 1. The lowest BCUT2D eigenvalue weighted by Crippen LogP contribution is -2.13. The Hall–Kier alpha value is -3.04. The van der Waals surface area contributed by atoms with Crippen LogP contribution in [0.15, 0.2) is 57.8 Å². The Kier molecular flexibility index (Phi) is 4.48. The van der Waals surface area contributed by atoms with E-state index in [-0.39, 0.29) is 10.6 Å². The van der Waals surface area contributed by atoms with Gasteiger partial charge in [-0.15, -0.1) is 0 Å². The number of carbonyl (C=O) groups is 1. The van der Waals surface area contributed by atoms with Crippen LogP contribution in [0.1, 0.15) is 16.2 Å². The summed E-state index contributed by atoms with van der Waals surface area (Å²) in [6.45, 7) is 1.67. The molecule has 2 heterocycles. The third kappa shape index (κ3) is 3.54. The number of rotatable bonds is 4. The van der Waals surface area contributed by atoms with Crippen LogP contribution < -0.4 is 5.32 Å². The molecular formula is C19H15N3O4S2. The average molecular weight is 413 g/mol. The van der Waals surface area contributed by atoms with E-state index in [1.54, 1.807) is 19.1 Å². The van der Waals surface area contributed by atoms with E-state index in [2.05, 4.69) is 15.3 Å². The number of carbonyl (C=O) groups excluding carboxylic acids is 1. The minimum absolute atomic E-state index is 0.176. The summed E-state index contributed by atoms with van der Waals surface area (Å²) in [6.07, 6.45) is 1.15. The maximum Gasteiger partial charge on any atom is 0.279 e. The number of nitrogens with one attached hydrogen (secondary N) is 1. The summed E-state index contributed by atoms with van der Waals surface area (Å²) in [6, 6.07) is 14.0. The standard InChI is InChI=1S/C19H15N3O4S2/c1-11-16(21-18(26-11)12-6-4-3-5-7-12)17(23)22-19-20-14-9-8-13(28(2,24)25)10-15(14)27-19/h3-10H,1-2H3,(H,20,22,23). The Bertz CT molecular complexity index is 1290. The van der Waals surface area contributed by atoms with Crippen LogP contribution in [0.3, 0.4) is 0 Å². The largest absolute Gasteiger partial charge is 0.441 e. The monoisotopic (exact) mass is 413 g/mol. The first-order valence-corrected chi connectivity index (χ1v) is 11.0. The zero-order chi connectivity index (χ0) is 19.9. The van der Waals surface area contributed by atoms with Crippen LogP contribution in [-0.4, -0.2) is 30.5 Å². The van der Waals surface area contributed by atoms with Crippen LogP contribution in [0.2, 0.25) is 0 Å². The molecule has 0 unspecified atom stereocenters. The summed E-state index contributed by atoms with van der Waals surface area (Å²) in [7, 11) is -3.31. The summed E-state index contributed by atoms with van der Waals surface area (Å²) >= 11 is 1.19. The number of anilines is 1. The van der Waals surface area contributed by atoms with E-state index in [0.29, 0.717) is 27.0 Å². The normalized spacial score (nSPS) is 11.6. The summed E-state index contributed by atoms with van der Waals surface area (Å²) in [5.74, 6) is 0.327. The molecule has 0 spiro atoms. The molecule has 2 aromatic carbocycles. The van der Waals surface area contributed by atoms with Crippen molar-refractivity contribution in [1.29, 1.82) is 0 Å². The molecule has 0 fully saturated rings. The van der Waals surface area contributed by atoms with Gasteiger partial charge in [-0.2, -0.15) is 0 Å². The third-order valence-electron chi connectivity index (χ3n) is 4.04. The molecule has 9 heteroatoms. The molecule has 1 N–H and O–H groups in total. The number of hydrogen-bond donors (Lipinski definition) is 1. The fourth-order valence-corrected chi connectivity index (χ4v) is 4.28. The molecule has 0 radical (unpaired) electrons. The van der Waals surface area contributed by atoms with Gasteiger partial charge in [-0.25, -0.2) is 18.4 Å². The van der Waals surface area contributed by atoms with Gasteiger partial charge < -0.3 is 4.42 Å². The summed E-state index contributed by atoms with van der Waals surface area (Å²) in [5, 5.41) is 3.06. The van der Waals surface area contributed by atoms with Gasteiger partial charge in [0.2, 0.25) is 5.89 Å². The van der Waals surface area contributed by atoms with Crippen LogP contribution in [0.25, 0.3) is 21.7 Å². The van der Waals surface area contributed by atoms with Gasteiger partial charge in [0.15, 0.2) is 20.7 Å². The van der Waals surface area contributed by atoms with Gasteiger partial charge in [-0.05, 0) is 37.3 Å². The first-order valence-electron chi connectivity index (χ1n) is 8.26. The second-order valence-electron chi connectivity index (χ2n) is 6.16. The number of amides is 1. The zero-order valence-electron chi connectivity index (χ0n) is 15.0. The predicted octanol–water partition coefficient (Wildman–Crippen LogP) is 3.92. The van der Waals surface area contributed by atoms with Gasteiger partial charge >= 0.3 is 0 Å². The van der Waals surface area contributed by atoms with Crippen LogP contribution in [0, 0.1) is 6.92 Å². The molecule has 0 aliphatic rings. The van der Waals surface area contributed by atoms with Gasteiger partial charge in [-0.1, -0.05) is 29.5 Å². The highest BCUT2D eigenvalue weighted by molar-refractivity contribution is 7.90. The van der Waals surface area contributed by atoms with Crippen LogP contribution >= 0.6 is 11.3 Å². The Morgan fingerprint density at radius 3 is 2.57 bits per heavy atom. The van der Waals surface area contributed by atoms with Crippen molar-refractivity contribution in [2.75, 3.05) is 11.6 Å². The van der Waals surface area contributed by atoms with E-state index in [1.165, 1.54) is 17.4 Å². The molecule has 2 aromatic heterocycles. The molecule has 0 aliphatic heterocycles. The predicted molar refractivity (Wildman–Crippen MR) is 107 cm³/mol. The maximum atomic E-state index is 12.6. The first-order chi connectivity index (χ1) is 13.3. The van der Waals surface area contributed by atoms with Crippen LogP contribution in [0.4, 0.5) is 5.13 Å². The van der Waals surface area contributed by atoms with Crippen molar-refractivity contribution >= 4 is 42.4 Å². The number of hydrogen-bond acceptors (Lipinski definition) is 7. The van der Waals surface area contributed by atoms with Crippen molar-refractivity contribution in [2.45, 2.75) is 11.8 Å². The number of oxazole rings is 1. The second-order valence-corrected chi connectivity index (χ2v) is 9.21. The molecule has 1 amide bonds. The van der Waals surface area contributed by atoms with E-state index < -0.39 is 15.7 Å². The van der Waals surface area contributed by atoms with Crippen molar-refractivity contribution in [3.8, 4) is 11.5 Å². The Labute approximate surface area is 165 Å². The average Bonchev–Trinajstić information content (AvgIpc) is 3.23. The Morgan fingerprint density at radius 2 is 1.86 bits per heavy atom. The Morgan fingerprint density at radius 1 is 1.11 bits per heavy atom. The zero-order valence-corrected chi connectivity index (χ0v) is 16.6. The second kappa shape index (κ2) is 6.84. The van der Waals surface area contributed by atoms with E-state index >= 15 is 0 Å². The fraction of sp³-hybridized carbons (Fsp3) is 0.105. The van der Waals surface area contributed by atoms with E-state index in [9.17, 15) is 13.2 Å². The van der Waals surface area contributed by atoms with E-state index in [4.69, 9.17) is 4.42 Å². The smallest absolute Gasteiger partial charge is 0.279 e. The van der Waals surface area contributed by atoms with Gasteiger partial charge in [0, 0.05) is 11.8 Å². The molecule has 0 saturated carbocycles. The molecule has 0 aliphatic carbocycles. The maximum absolute atomic E-state index is 12.6. The van der Waals surface area contributed by atoms with Crippen molar-refractivity contribution in [3.05, 3.63) is 60.0 Å². The van der Waals surface area contributed by atoms with Crippen LogP contribution in [-0.2, 0) is 9.84 Å². The number of aryl methyl sites for hydroxylation is 1. The van der Waals surface area contributed by atoms with Gasteiger partial charge in [0.05, 0.1) is 15.1 Å². The molecule has 0 saturated heterocycles. The molecule has 4 aromatic rings. The fourth-order valence-electron chi connectivity index (χ4n) is 2.66. The highest BCUT2D eigenvalue weighted by Crippen LogP contribution is 2.29. The number of aromatic nitrogens is 2. The van der Waals surface area contributed by atoms with Gasteiger partial charge in [0.1, 0.15) is 5.76 Å². The minimum atomic E-state index is -3.31. The number of benzene rings is 2. The van der Waals surface area contributed by atoms with Crippen molar-refractivity contribution in [1.82, 2.24) is 9.97 Å². The Balaban J connectivity index is 1.61. The topological polar surface area (TPSA) is 102 Å². The van der Waals surface area contributed by atoms with Crippen molar-refractivity contribution in [2.24, 2.45) is 0 Å².